The van der Waals surface area contributed by atoms with Crippen LogP contribution in [0.25, 0.3) is 0 Å². The number of para-hydroxylation sites is 1. The van der Waals surface area contributed by atoms with Gasteiger partial charge in [-0.2, -0.15) is 0 Å². The van der Waals surface area contributed by atoms with Gasteiger partial charge in [0.2, 0.25) is 5.91 Å². The molecule has 2 saturated heterocycles. The van der Waals surface area contributed by atoms with Crippen molar-refractivity contribution < 1.29 is 4.79 Å². The maximum atomic E-state index is 14.6. The van der Waals surface area contributed by atoms with Crippen molar-refractivity contribution in [1.82, 2.24) is 9.80 Å². The summed E-state index contributed by atoms with van der Waals surface area (Å²) in [5.74, 6) is 0.913. The van der Waals surface area contributed by atoms with E-state index >= 15 is 0 Å². The van der Waals surface area contributed by atoms with Crippen molar-refractivity contribution in [2.45, 2.75) is 49.9 Å². The molecule has 0 aromatic heterocycles. The summed E-state index contributed by atoms with van der Waals surface area (Å²) in [6.07, 6.45) is 7.09. The number of nitrogens with zero attached hydrogens (tertiary/aromatic N) is 3. The van der Waals surface area contributed by atoms with Crippen LogP contribution in [-0.4, -0.2) is 61.5 Å². The fourth-order valence-corrected chi connectivity index (χ4v) is 7.10. The Labute approximate surface area is 252 Å². The van der Waals surface area contributed by atoms with E-state index < -0.39 is 5.41 Å². The lowest BCUT2D eigenvalue weighted by Crippen LogP contribution is -2.46. The summed E-state index contributed by atoms with van der Waals surface area (Å²) in [5, 5.41) is 0. The van der Waals surface area contributed by atoms with Gasteiger partial charge < -0.3 is 14.7 Å². The molecule has 3 heterocycles. The van der Waals surface area contributed by atoms with E-state index in [9.17, 15) is 4.79 Å². The number of likely N-dealkylation sites (tertiary alicyclic amines) is 2. The molecule has 1 amide bonds. The fraction of sp³-hybridized carbons (Fsp3) is 0.441. The molecule has 214 valence electrons. The minimum absolute atomic E-state index is 0. The molecule has 1 atom stereocenters. The monoisotopic (exact) mass is 579 g/mol. The number of amides is 1. The predicted octanol–water partition coefficient (Wildman–Crippen LogP) is 6.92. The Balaban J connectivity index is 0.00000185. The van der Waals surface area contributed by atoms with E-state index in [0.717, 1.165) is 63.5 Å². The summed E-state index contributed by atoms with van der Waals surface area (Å²) >= 11 is 0. The zero-order chi connectivity index (χ0) is 25.8. The molecule has 0 N–H and O–H groups in total. The molecule has 1 unspecified atom stereocenters. The maximum Gasteiger partial charge on any atom is 0.242 e. The Morgan fingerprint density at radius 2 is 1.25 bits per heavy atom. The summed E-state index contributed by atoms with van der Waals surface area (Å²) in [6, 6.07) is 30.1. The lowest BCUT2D eigenvalue weighted by molar-refractivity contribution is -0.122. The molecule has 3 aromatic carbocycles. The molecule has 0 radical (unpaired) electrons. The van der Waals surface area contributed by atoms with Gasteiger partial charge in [-0.1, -0.05) is 85.3 Å². The highest BCUT2D eigenvalue weighted by molar-refractivity contribution is 6.10. The molecule has 3 aromatic rings. The van der Waals surface area contributed by atoms with Crippen LogP contribution in [0.15, 0.2) is 84.9 Å². The van der Waals surface area contributed by atoms with Gasteiger partial charge in [0.1, 0.15) is 5.41 Å². The number of benzene rings is 3. The first-order valence-corrected chi connectivity index (χ1v) is 14.7. The highest BCUT2D eigenvalue weighted by atomic mass is 35.5. The third-order valence-electron chi connectivity index (χ3n) is 9.28. The third kappa shape index (κ3) is 6.11. The van der Waals surface area contributed by atoms with Crippen LogP contribution in [-0.2, 0) is 10.2 Å². The van der Waals surface area contributed by atoms with E-state index in [1.165, 1.54) is 43.2 Å². The molecule has 0 spiro atoms. The van der Waals surface area contributed by atoms with E-state index in [-0.39, 0.29) is 30.7 Å². The van der Waals surface area contributed by atoms with Gasteiger partial charge in [0.05, 0.1) is 0 Å². The van der Waals surface area contributed by atoms with Gasteiger partial charge >= 0.3 is 0 Å². The van der Waals surface area contributed by atoms with E-state index in [1.807, 2.05) is 0 Å². The number of piperidine rings is 2. The quantitative estimate of drug-likeness (QED) is 0.290. The predicted molar refractivity (Wildman–Crippen MR) is 170 cm³/mol. The number of carbonyl (C=O) groups is 1. The SMILES string of the molecule is Cl.Cl.O=C1N(CCN2CCCCC2)c2ccccc2C1(CCN1CCC(c2ccccc2)CC1)c1ccccc1. The number of fused-ring (bicyclic) bond motifs is 1. The number of halogens is 2. The van der Waals surface area contributed by atoms with Crippen LogP contribution in [0.4, 0.5) is 5.69 Å². The second-order valence-corrected chi connectivity index (χ2v) is 11.4. The van der Waals surface area contributed by atoms with Crippen LogP contribution in [0, 0.1) is 0 Å². The van der Waals surface area contributed by atoms with Crippen LogP contribution in [0.3, 0.4) is 0 Å². The van der Waals surface area contributed by atoms with E-state index in [2.05, 4.69) is 99.6 Å². The molecule has 6 rings (SSSR count). The Morgan fingerprint density at radius 3 is 1.95 bits per heavy atom. The second kappa shape index (κ2) is 14.0. The van der Waals surface area contributed by atoms with Crippen molar-refractivity contribution in [3.8, 4) is 0 Å². The Bertz CT molecular complexity index is 1210. The first-order valence-electron chi connectivity index (χ1n) is 14.7. The number of hydrogen-bond donors (Lipinski definition) is 0. The van der Waals surface area contributed by atoms with Crippen molar-refractivity contribution in [2.24, 2.45) is 0 Å². The largest absolute Gasteiger partial charge is 0.310 e. The zero-order valence-electron chi connectivity index (χ0n) is 23.4. The van der Waals surface area contributed by atoms with Crippen LogP contribution < -0.4 is 4.90 Å². The number of anilines is 1. The molecule has 0 saturated carbocycles. The molecular weight excluding hydrogens is 537 g/mol. The van der Waals surface area contributed by atoms with Gasteiger partial charge in [0.25, 0.3) is 0 Å². The molecule has 0 aliphatic carbocycles. The summed E-state index contributed by atoms with van der Waals surface area (Å²) < 4.78 is 0. The molecule has 0 bridgehead atoms. The second-order valence-electron chi connectivity index (χ2n) is 11.4. The van der Waals surface area contributed by atoms with Crippen molar-refractivity contribution in [3.05, 3.63) is 102 Å². The minimum atomic E-state index is -0.615. The number of rotatable bonds is 8. The molecule has 3 aliphatic heterocycles. The summed E-state index contributed by atoms with van der Waals surface area (Å²) in [4.78, 5) is 21.8. The Morgan fingerprint density at radius 1 is 0.650 bits per heavy atom. The van der Waals surface area contributed by atoms with E-state index in [0.29, 0.717) is 5.92 Å². The van der Waals surface area contributed by atoms with Gasteiger partial charge in [-0.3, -0.25) is 4.79 Å². The Kier molecular flexibility index (Phi) is 10.7. The topological polar surface area (TPSA) is 26.8 Å². The minimum Gasteiger partial charge on any atom is -0.310 e. The van der Waals surface area contributed by atoms with Gasteiger partial charge in [-0.05, 0) is 93.5 Å². The van der Waals surface area contributed by atoms with Gasteiger partial charge in [-0.15, -0.1) is 24.8 Å². The lowest BCUT2D eigenvalue weighted by Gasteiger charge is -2.36. The molecule has 2 fully saturated rings. The number of carbonyl (C=O) groups excluding carboxylic acids is 1. The highest BCUT2D eigenvalue weighted by Gasteiger charge is 2.51. The highest BCUT2D eigenvalue weighted by Crippen LogP contribution is 2.48. The van der Waals surface area contributed by atoms with Crippen molar-refractivity contribution in [1.29, 1.82) is 0 Å². The third-order valence-corrected chi connectivity index (χ3v) is 9.28. The molecule has 6 heteroatoms. The standard InChI is InChI=1S/C34H41N3O.2ClH/c38-33-34(30-14-6-2-7-15-30,20-25-36-23-18-29(19-24-36)28-12-4-1-5-13-28)31-16-8-9-17-32(31)37(33)27-26-35-21-10-3-11-22-35;;/h1-2,4-9,12-17,29H,3,10-11,18-27H2;2*1H. The molecule has 3 aliphatic rings. The Hall–Kier alpha value is -2.37. The van der Waals surface area contributed by atoms with Crippen LogP contribution in [0.5, 0.6) is 0 Å². The van der Waals surface area contributed by atoms with Crippen molar-refractivity contribution in [3.63, 3.8) is 0 Å². The van der Waals surface area contributed by atoms with Crippen LogP contribution in [0.2, 0.25) is 0 Å². The molecule has 4 nitrogen and oxygen atoms in total. The summed E-state index contributed by atoms with van der Waals surface area (Å²) in [6.45, 7) is 7.18. The molecular formula is C34H43Cl2N3O. The maximum absolute atomic E-state index is 14.6. The first kappa shape index (κ1) is 30.6. The normalized spacial score (nSPS) is 21.9. The van der Waals surface area contributed by atoms with Crippen molar-refractivity contribution >= 4 is 36.4 Å². The number of hydrogen-bond acceptors (Lipinski definition) is 3. The van der Waals surface area contributed by atoms with Crippen LogP contribution >= 0.6 is 24.8 Å². The zero-order valence-corrected chi connectivity index (χ0v) is 25.1. The molecule has 40 heavy (non-hydrogen) atoms. The first-order chi connectivity index (χ1) is 18.8. The average molecular weight is 581 g/mol. The summed E-state index contributed by atoms with van der Waals surface area (Å²) in [7, 11) is 0. The van der Waals surface area contributed by atoms with Crippen molar-refractivity contribution in [2.75, 3.05) is 50.7 Å². The van der Waals surface area contributed by atoms with Gasteiger partial charge in [0, 0.05) is 18.8 Å². The fourth-order valence-electron chi connectivity index (χ4n) is 7.10. The van der Waals surface area contributed by atoms with E-state index in [4.69, 9.17) is 0 Å². The average Bonchev–Trinajstić information content (AvgIpc) is 3.24. The van der Waals surface area contributed by atoms with E-state index in [1.54, 1.807) is 0 Å². The smallest absolute Gasteiger partial charge is 0.242 e. The summed E-state index contributed by atoms with van der Waals surface area (Å²) in [5.41, 5.74) is 4.29. The van der Waals surface area contributed by atoms with Crippen LogP contribution in [0.1, 0.15) is 61.1 Å². The van der Waals surface area contributed by atoms with Gasteiger partial charge in [-0.25, -0.2) is 0 Å². The lowest BCUT2D eigenvalue weighted by atomic mass is 9.72. The van der Waals surface area contributed by atoms with Gasteiger partial charge in [0.15, 0.2) is 0 Å².